The molecule has 130 valence electrons. The largest absolute Gasteiger partial charge is 0.487 e. The van der Waals surface area contributed by atoms with Gasteiger partial charge in [-0.05, 0) is 61.8 Å². The Kier molecular flexibility index (Phi) is 4.69. The SMILES string of the molecule is Cn1c(COc2ccc(Cl)cc2)c(CN2CCCC2)c2ccccc21. The van der Waals surface area contributed by atoms with E-state index in [9.17, 15) is 0 Å². The number of nitrogens with zero attached hydrogens (tertiary/aromatic N) is 2. The fraction of sp³-hybridized carbons (Fsp3) is 0.333. The first-order valence-corrected chi connectivity index (χ1v) is 9.26. The molecule has 1 aliphatic heterocycles. The van der Waals surface area contributed by atoms with Crippen LogP contribution in [0, 0.1) is 0 Å². The summed E-state index contributed by atoms with van der Waals surface area (Å²) < 4.78 is 8.34. The maximum atomic E-state index is 6.06. The van der Waals surface area contributed by atoms with Crippen molar-refractivity contribution in [1.29, 1.82) is 0 Å². The van der Waals surface area contributed by atoms with Gasteiger partial charge in [0.15, 0.2) is 0 Å². The van der Waals surface area contributed by atoms with Gasteiger partial charge in [-0.25, -0.2) is 0 Å². The molecular formula is C21H23ClN2O. The molecule has 4 heteroatoms. The van der Waals surface area contributed by atoms with Crippen molar-refractivity contribution >= 4 is 22.5 Å². The maximum Gasteiger partial charge on any atom is 0.129 e. The summed E-state index contributed by atoms with van der Waals surface area (Å²) in [7, 11) is 2.14. The van der Waals surface area contributed by atoms with Crippen LogP contribution < -0.4 is 4.74 Å². The van der Waals surface area contributed by atoms with E-state index in [1.54, 1.807) is 0 Å². The second-order valence-electron chi connectivity index (χ2n) is 6.73. The minimum atomic E-state index is 0.565. The summed E-state index contributed by atoms with van der Waals surface area (Å²) in [6.45, 7) is 3.96. The molecule has 0 spiro atoms. The number of fused-ring (bicyclic) bond motifs is 1. The van der Waals surface area contributed by atoms with Crippen LogP contribution >= 0.6 is 11.6 Å². The highest BCUT2D eigenvalue weighted by atomic mass is 35.5. The third kappa shape index (κ3) is 3.39. The predicted molar refractivity (Wildman–Crippen MR) is 103 cm³/mol. The van der Waals surface area contributed by atoms with Crippen molar-refractivity contribution < 1.29 is 4.74 Å². The molecule has 3 nitrogen and oxygen atoms in total. The molecule has 2 heterocycles. The Bertz CT molecular complexity index is 863. The maximum absolute atomic E-state index is 6.06. The zero-order valence-electron chi connectivity index (χ0n) is 14.5. The highest BCUT2D eigenvalue weighted by Crippen LogP contribution is 2.29. The monoisotopic (exact) mass is 354 g/mol. The van der Waals surface area contributed by atoms with Crippen LogP contribution in [0.25, 0.3) is 10.9 Å². The van der Waals surface area contributed by atoms with Gasteiger partial charge >= 0.3 is 0 Å². The molecule has 3 aromatic rings. The first-order chi connectivity index (χ1) is 12.2. The van der Waals surface area contributed by atoms with E-state index in [1.807, 2.05) is 24.3 Å². The lowest BCUT2D eigenvalue weighted by Crippen LogP contribution is -2.19. The number of ether oxygens (including phenoxy) is 1. The van der Waals surface area contributed by atoms with Crippen molar-refractivity contribution in [3.63, 3.8) is 0 Å². The Labute approximate surface area is 153 Å². The van der Waals surface area contributed by atoms with E-state index in [4.69, 9.17) is 16.3 Å². The molecule has 0 radical (unpaired) electrons. The third-order valence-electron chi connectivity index (χ3n) is 5.11. The van der Waals surface area contributed by atoms with Crippen LogP contribution in [0.15, 0.2) is 48.5 Å². The quantitative estimate of drug-likeness (QED) is 0.641. The summed E-state index contributed by atoms with van der Waals surface area (Å²) in [4.78, 5) is 2.55. The van der Waals surface area contributed by atoms with E-state index < -0.39 is 0 Å². The van der Waals surface area contributed by atoms with Crippen LogP contribution in [0.4, 0.5) is 0 Å². The van der Waals surface area contributed by atoms with Gasteiger partial charge in [-0.1, -0.05) is 29.8 Å². The van der Waals surface area contributed by atoms with Gasteiger partial charge in [-0.2, -0.15) is 0 Å². The molecule has 0 unspecified atom stereocenters. The van der Waals surface area contributed by atoms with Crippen LogP contribution in [0.5, 0.6) is 5.75 Å². The van der Waals surface area contributed by atoms with E-state index in [0.29, 0.717) is 6.61 Å². The highest BCUT2D eigenvalue weighted by molar-refractivity contribution is 6.30. The third-order valence-corrected chi connectivity index (χ3v) is 5.37. The number of likely N-dealkylation sites (tertiary alicyclic amines) is 1. The average Bonchev–Trinajstić information content (AvgIpc) is 3.23. The average molecular weight is 355 g/mol. The fourth-order valence-electron chi connectivity index (χ4n) is 3.73. The van der Waals surface area contributed by atoms with Gasteiger partial charge in [0.25, 0.3) is 0 Å². The number of rotatable bonds is 5. The Morgan fingerprint density at radius 1 is 1.00 bits per heavy atom. The van der Waals surface area contributed by atoms with E-state index >= 15 is 0 Å². The summed E-state index contributed by atoms with van der Waals surface area (Å²) in [6.07, 6.45) is 2.61. The molecule has 0 amide bonds. The molecule has 1 saturated heterocycles. The zero-order valence-corrected chi connectivity index (χ0v) is 15.3. The number of halogens is 1. The van der Waals surface area contributed by atoms with E-state index in [2.05, 4.69) is 40.8 Å². The van der Waals surface area contributed by atoms with Gasteiger partial charge in [-0.3, -0.25) is 4.90 Å². The first kappa shape index (κ1) is 16.5. The minimum absolute atomic E-state index is 0.565. The molecule has 0 saturated carbocycles. The van der Waals surface area contributed by atoms with Gasteiger partial charge in [-0.15, -0.1) is 0 Å². The van der Waals surface area contributed by atoms with Gasteiger partial charge in [0.1, 0.15) is 12.4 Å². The molecule has 1 aromatic heterocycles. The molecule has 2 aromatic carbocycles. The van der Waals surface area contributed by atoms with Crippen LogP contribution in [0.2, 0.25) is 5.02 Å². The van der Waals surface area contributed by atoms with Gasteiger partial charge in [0, 0.05) is 29.5 Å². The van der Waals surface area contributed by atoms with Crippen LogP contribution in [0.3, 0.4) is 0 Å². The highest BCUT2D eigenvalue weighted by Gasteiger charge is 2.20. The number of hydrogen-bond acceptors (Lipinski definition) is 2. The molecule has 0 bridgehead atoms. The fourth-order valence-corrected chi connectivity index (χ4v) is 3.86. The van der Waals surface area contributed by atoms with Crippen molar-refractivity contribution in [3.05, 3.63) is 64.8 Å². The molecule has 0 N–H and O–H groups in total. The lowest BCUT2D eigenvalue weighted by atomic mass is 10.1. The molecule has 4 rings (SSSR count). The Balaban J connectivity index is 1.65. The topological polar surface area (TPSA) is 17.4 Å². The number of aryl methyl sites for hydroxylation is 1. The number of benzene rings is 2. The number of aromatic nitrogens is 1. The molecule has 1 fully saturated rings. The summed E-state index contributed by atoms with van der Waals surface area (Å²) in [5, 5.41) is 2.07. The van der Waals surface area contributed by atoms with Gasteiger partial charge in [0.05, 0.1) is 5.69 Å². The van der Waals surface area contributed by atoms with E-state index in [1.165, 1.54) is 48.1 Å². The Morgan fingerprint density at radius 3 is 2.48 bits per heavy atom. The summed E-state index contributed by atoms with van der Waals surface area (Å²) in [6, 6.07) is 16.2. The van der Waals surface area contributed by atoms with Gasteiger partial charge in [0.2, 0.25) is 0 Å². The zero-order chi connectivity index (χ0) is 17.2. The Hall–Kier alpha value is -1.97. The molecule has 0 atom stereocenters. The smallest absolute Gasteiger partial charge is 0.129 e. The van der Waals surface area contributed by atoms with Crippen LogP contribution in [-0.2, 0) is 20.2 Å². The molecular weight excluding hydrogens is 332 g/mol. The summed E-state index contributed by atoms with van der Waals surface area (Å²) in [5.41, 5.74) is 3.92. The minimum Gasteiger partial charge on any atom is -0.487 e. The van der Waals surface area contributed by atoms with E-state index in [-0.39, 0.29) is 0 Å². The van der Waals surface area contributed by atoms with Crippen molar-refractivity contribution in [2.45, 2.75) is 26.0 Å². The van der Waals surface area contributed by atoms with Crippen molar-refractivity contribution in [2.75, 3.05) is 13.1 Å². The lowest BCUT2D eigenvalue weighted by molar-refractivity contribution is 0.288. The molecule has 25 heavy (non-hydrogen) atoms. The summed E-state index contributed by atoms with van der Waals surface area (Å²) >= 11 is 5.96. The first-order valence-electron chi connectivity index (χ1n) is 8.88. The standard InChI is InChI=1S/C21H23ClN2O/c1-23-20-7-3-2-6-18(20)19(14-24-12-4-5-13-24)21(23)15-25-17-10-8-16(22)9-11-17/h2-3,6-11H,4-5,12-15H2,1H3. The normalized spacial score (nSPS) is 15.1. The van der Waals surface area contributed by atoms with Crippen LogP contribution in [-0.4, -0.2) is 22.6 Å². The van der Waals surface area contributed by atoms with Crippen molar-refractivity contribution in [2.24, 2.45) is 7.05 Å². The molecule has 0 aliphatic carbocycles. The molecule has 1 aliphatic rings. The van der Waals surface area contributed by atoms with Gasteiger partial charge < -0.3 is 9.30 Å². The lowest BCUT2D eigenvalue weighted by Gasteiger charge is -2.16. The van der Waals surface area contributed by atoms with Crippen molar-refractivity contribution in [3.8, 4) is 5.75 Å². The predicted octanol–water partition coefficient (Wildman–Crippen LogP) is 5.01. The second kappa shape index (κ2) is 7.11. The number of hydrogen-bond donors (Lipinski definition) is 0. The second-order valence-corrected chi connectivity index (χ2v) is 7.16. The number of para-hydroxylation sites is 1. The summed E-state index contributed by atoms with van der Waals surface area (Å²) in [5.74, 6) is 0.849. The van der Waals surface area contributed by atoms with Crippen molar-refractivity contribution in [1.82, 2.24) is 9.47 Å². The van der Waals surface area contributed by atoms with E-state index in [0.717, 1.165) is 17.3 Å². The Morgan fingerprint density at radius 2 is 1.72 bits per heavy atom. The van der Waals surface area contributed by atoms with Crippen LogP contribution in [0.1, 0.15) is 24.1 Å².